The normalized spacial score (nSPS) is 10.7. The van der Waals surface area contributed by atoms with Crippen LogP contribution < -0.4 is 0 Å². The molecular formula is C9H9N2. The van der Waals surface area contributed by atoms with E-state index in [4.69, 9.17) is 0 Å². The fraction of sp³-hybridized carbons (Fsp3) is 0.222. The van der Waals surface area contributed by atoms with E-state index in [9.17, 15) is 0 Å². The van der Waals surface area contributed by atoms with Crippen molar-refractivity contribution in [3.05, 3.63) is 30.0 Å². The highest BCUT2D eigenvalue weighted by Gasteiger charge is 1.96. The van der Waals surface area contributed by atoms with Gasteiger partial charge in [-0.05, 0) is 24.6 Å². The molecule has 0 N–H and O–H groups in total. The quantitative estimate of drug-likeness (QED) is 0.551. The van der Waals surface area contributed by atoms with Crippen molar-refractivity contribution in [2.75, 3.05) is 0 Å². The van der Waals surface area contributed by atoms with Gasteiger partial charge in [0.2, 0.25) is 0 Å². The number of rotatable bonds is 0. The van der Waals surface area contributed by atoms with Crippen molar-refractivity contribution in [1.29, 1.82) is 0 Å². The first-order valence-electron chi connectivity index (χ1n) is 3.58. The van der Waals surface area contributed by atoms with Crippen LogP contribution in [0.2, 0.25) is 0 Å². The van der Waals surface area contributed by atoms with Crippen LogP contribution >= 0.6 is 0 Å². The monoisotopic (exact) mass is 145 g/mol. The molecule has 2 heteroatoms. The van der Waals surface area contributed by atoms with Gasteiger partial charge in [0, 0.05) is 18.6 Å². The maximum Gasteiger partial charge on any atom is 0.0929 e. The van der Waals surface area contributed by atoms with Gasteiger partial charge in [0.1, 0.15) is 0 Å². The minimum absolute atomic E-state index is 1.01. The Hall–Kier alpha value is -1.31. The molecule has 1 aromatic carbocycles. The third-order valence-electron chi connectivity index (χ3n) is 1.68. The molecule has 0 amide bonds. The summed E-state index contributed by atoms with van der Waals surface area (Å²) in [4.78, 5) is 0. The third-order valence-corrected chi connectivity index (χ3v) is 1.68. The molecule has 11 heavy (non-hydrogen) atoms. The summed E-state index contributed by atoms with van der Waals surface area (Å²) in [6.45, 7) is 2.03. The smallest absolute Gasteiger partial charge is 0.0929 e. The van der Waals surface area contributed by atoms with Crippen molar-refractivity contribution in [3.8, 4) is 0 Å². The molecule has 0 aliphatic heterocycles. The molecule has 0 spiro atoms. The van der Waals surface area contributed by atoms with Crippen LogP contribution in [0.1, 0.15) is 5.56 Å². The number of fused-ring (bicyclic) bond motifs is 1. The third kappa shape index (κ3) is 1.00. The molecule has 1 radical (unpaired) electrons. The molecular weight excluding hydrogens is 136 g/mol. The van der Waals surface area contributed by atoms with Gasteiger partial charge in [0.15, 0.2) is 0 Å². The maximum atomic E-state index is 4.24. The first-order valence-corrected chi connectivity index (χ1v) is 3.58. The zero-order valence-electron chi connectivity index (χ0n) is 6.63. The van der Waals surface area contributed by atoms with E-state index in [1.807, 2.05) is 32.3 Å². The largest absolute Gasteiger partial charge is 0.275 e. The number of nitrogens with zero attached hydrogens (tertiary/aromatic N) is 2. The van der Waals surface area contributed by atoms with Gasteiger partial charge < -0.3 is 0 Å². The molecule has 2 nitrogen and oxygen atoms in total. The van der Waals surface area contributed by atoms with Crippen molar-refractivity contribution in [1.82, 2.24) is 9.78 Å². The Bertz CT molecular complexity index is 387. The second-order valence-corrected chi connectivity index (χ2v) is 2.74. The molecule has 0 saturated heterocycles. The van der Waals surface area contributed by atoms with Gasteiger partial charge in [-0.1, -0.05) is 6.07 Å². The van der Waals surface area contributed by atoms with E-state index in [1.165, 1.54) is 0 Å². The zero-order chi connectivity index (χ0) is 7.84. The molecule has 55 valence electrons. The van der Waals surface area contributed by atoms with Gasteiger partial charge in [-0.3, -0.25) is 4.68 Å². The van der Waals surface area contributed by atoms with Gasteiger partial charge >= 0.3 is 0 Å². The SMILES string of the molecule is Cc1[c]c2cn(C)nc2cc1. The van der Waals surface area contributed by atoms with Crippen LogP contribution in [0.4, 0.5) is 0 Å². The van der Waals surface area contributed by atoms with Crippen LogP contribution in [0.3, 0.4) is 0 Å². The summed E-state index contributed by atoms with van der Waals surface area (Å²) < 4.78 is 1.81. The maximum absolute atomic E-state index is 4.24. The number of hydrogen-bond acceptors (Lipinski definition) is 1. The van der Waals surface area contributed by atoms with Crippen LogP contribution in [0, 0.1) is 13.0 Å². The van der Waals surface area contributed by atoms with E-state index in [0.29, 0.717) is 0 Å². The van der Waals surface area contributed by atoms with Crippen molar-refractivity contribution >= 4 is 10.9 Å². The Balaban J connectivity index is 2.82. The Kier molecular flexibility index (Phi) is 1.22. The van der Waals surface area contributed by atoms with Gasteiger partial charge in [0.25, 0.3) is 0 Å². The highest BCUT2D eigenvalue weighted by Crippen LogP contribution is 2.11. The van der Waals surface area contributed by atoms with E-state index < -0.39 is 0 Å². The number of benzene rings is 1. The Labute approximate surface area is 65.5 Å². The molecule has 0 unspecified atom stereocenters. The van der Waals surface area contributed by atoms with Crippen LogP contribution in [-0.4, -0.2) is 9.78 Å². The van der Waals surface area contributed by atoms with Gasteiger partial charge in [-0.15, -0.1) is 0 Å². The highest BCUT2D eigenvalue weighted by atomic mass is 15.2. The van der Waals surface area contributed by atoms with E-state index in [0.717, 1.165) is 16.5 Å². The predicted molar refractivity (Wildman–Crippen MR) is 44.3 cm³/mol. The molecule has 2 rings (SSSR count). The van der Waals surface area contributed by atoms with Crippen molar-refractivity contribution in [2.45, 2.75) is 6.92 Å². The average molecular weight is 145 g/mol. The summed E-state index contributed by atoms with van der Waals surface area (Å²) in [7, 11) is 1.92. The molecule has 0 saturated carbocycles. The standard InChI is InChI=1S/C9H9N2/c1-7-3-4-9-8(5-7)6-11(2)10-9/h3-4,6H,1-2H3. The number of aromatic nitrogens is 2. The summed E-state index contributed by atoms with van der Waals surface area (Å²) in [5.41, 5.74) is 2.17. The molecule has 0 fully saturated rings. The molecule has 0 aliphatic rings. The number of aryl methyl sites for hydroxylation is 2. The Morgan fingerprint density at radius 2 is 2.27 bits per heavy atom. The Morgan fingerprint density at radius 3 is 3.09 bits per heavy atom. The summed E-state index contributed by atoms with van der Waals surface area (Å²) in [6.07, 6.45) is 1.97. The summed E-state index contributed by atoms with van der Waals surface area (Å²) in [6, 6.07) is 7.27. The van der Waals surface area contributed by atoms with Crippen LogP contribution in [0.15, 0.2) is 18.3 Å². The van der Waals surface area contributed by atoms with E-state index >= 15 is 0 Å². The Morgan fingerprint density at radius 1 is 1.45 bits per heavy atom. The highest BCUT2D eigenvalue weighted by molar-refractivity contribution is 5.77. The average Bonchev–Trinajstić information content (AvgIpc) is 2.27. The minimum Gasteiger partial charge on any atom is -0.275 e. The molecule has 0 bridgehead atoms. The van der Waals surface area contributed by atoms with Crippen LogP contribution in [0.25, 0.3) is 10.9 Å². The molecule has 0 atom stereocenters. The lowest BCUT2D eigenvalue weighted by atomic mass is 10.2. The lowest BCUT2D eigenvalue weighted by Crippen LogP contribution is -1.84. The van der Waals surface area contributed by atoms with Crippen LogP contribution in [-0.2, 0) is 7.05 Å². The summed E-state index contributed by atoms with van der Waals surface area (Å²) in [5, 5.41) is 5.33. The van der Waals surface area contributed by atoms with Crippen molar-refractivity contribution in [2.24, 2.45) is 7.05 Å². The van der Waals surface area contributed by atoms with Gasteiger partial charge in [-0.2, -0.15) is 5.10 Å². The second kappa shape index (κ2) is 2.09. The fourth-order valence-electron chi connectivity index (χ4n) is 1.18. The first kappa shape index (κ1) is 6.40. The van der Waals surface area contributed by atoms with Crippen molar-refractivity contribution in [3.63, 3.8) is 0 Å². The topological polar surface area (TPSA) is 17.8 Å². The first-order chi connectivity index (χ1) is 5.25. The summed E-state index contributed by atoms with van der Waals surface area (Å²) >= 11 is 0. The number of hydrogen-bond donors (Lipinski definition) is 0. The lowest BCUT2D eigenvalue weighted by Gasteiger charge is -1.87. The predicted octanol–water partition coefficient (Wildman–Crippen LogP) is 1.68. The summed E-state index contributed by atoms with van der Waals surface area (Å²) in [5.74, 6) is 0. The van der Waals surface area contributed by atoms with E-state index in [1.54, 1.807) is 4.68 Å². The van der Waals surface area contributed by atoms with Gasteiger partial charge in [-0.25, -0.2) is 0 Å². The molecule has 1 heterocycles. The van der Waals surface area contributed by atoms with Crippen molar-refractivity contribution < 1.29 is 0 Å². The molecule has 2 aromatic rings. The van der Waals surface area contributed by atoms with Crippen LogP contribution in [0.5, 0.6) is 0 Å². The zero-order valence-corrected chi connectivity index (χ0v) is 6.63. The van der Waals surface area contributed by atoms with Gasteiger partial charge in [0.05, 0.1) is 5.52 Å². The van der Waals surface area contributed by atoms with E-state index in [2.05, 4.69) is 11.2 Å². The molecule has 1 aromatic heterocycles. The molecule has 0 aliphatic carbocycles. The van der Waals surface area contributed by atoms with E-state index in [-0.39, 0.29) is 0 Å². The minimum atomic E-state index is 1.01. The second-order valence-electron chi connectivity index (χ2n) is 2.74. The fourth-order valence-corrected chi connectivity index (χ4v) is 1.18. The lowest BCUT2D eigenvalue weighted by molar-refractivity contribution is 0.780.